The molecular weight excluding hydrogens is 558 g/mol. The average Bonchev–Trinajstić information content (AvgIpc) is 3.85. The van der Waals surface area contributed by atoms with E-state index in [1.165, 1.54) is 5.56 Å². The van der Waals surface area contributed by atoms with Crippen LogP contribution in [-0.4, -0.2) is 76.3 Å². The summed E-state index contributed by atoms with van der Waals surface area (Å²) in [4.78, 5) is 42.3. The molecule has 0 aromatic heterocycles. The molecule has 3 atom stereocenters. The fourth-order valence-corrected chi connectivity index (χ4v) is 5.91. The van der Waals surface area contributed by atoms with Gasteiger partial charge in [-0.05, 0) is 70.2 Å². The number of rotatable bonds is 11. The highest BCUT2D eigenvalue weighted by atomic mass is 16.5. The van der Waals surface area contributed by atoms with Crippen LogP contribution in [0.5, 0.6) is 5.75 Å². The predicted octanol–water partition coefficient (Wildman–Crippen LogP) is 4.97. The van der Waals surface area contributed by atoms with E-state index in [0.29, 0.717) is 56.4 Å². The van der Waals surface area contributed by atoms with E-state index in [1.807, 2.05) is 29.2 Å². The first kappa shape index (κ1) is 33.6. The Hall–Kier alpha value is -3.27. The van der Waals surface area contributed by atoms with E-state index in [-0.39, 0.29) is 35.5 Å². The maximum Gasteiger partial charge on any atom is 0.270 e. The zero-order valence-electron chi connectivity index (χ0n) is 27.1. The van der Waals surface area contributed by atoms with Crippen LogP contribution < -0.4 is 19.9 Å². The summed E-state index contributed by atoms with van der Waals surface area (Å²) < 4.78 is 16.3. The molecule has 9 nitrogen and oxygen atoms in total. The predicted molar refractivity (Wildman–Crippen MR) is 172 cm³/mol. The summed E-state index contributed by atoms with van der Waals surface area (Å²) >= 11 is 0. The molecule has 2 aromatic carbocycles. The van der Waals surface area contributed by atoms with E-state index >= 15 is 0 Å². The molecule has 2 fully saturated rings. The van der Waals surface area contributed by atoms with Crippen LogP contribution in [-0.2, 0) is 23.9 Å². The fraction of sp³-hybridized carbons (Fsp3) is 0.571. The number of nitrogens with one attached hydrogen (secondary N) is 1. The average molecular weight is 608 g/mol. The van der Waals surface area contributed by atoms with Crippen LogP contribution in [0.3, 0.4) is 0 Å². The Morgan fingerprint density at radius 1 is 1.07 bits per heavy atom. The Bertz CT molecular complexity index is 1280. The molecular formula is C35H49N3O6. The zero-order chi connectivity index (χ0) is 31.9. The number of methoxy groups -OCH3 is 2. The van der Waals surface area contributed by atoms with Crippen molar-refractivity contribution < 1.29 is 28.6 Å². The molecule has 9 heteroatoms. The van der Waals surface area contributed by atoms with Gasteiger partial charge >= 0.3 is 0 Å². The SMILES string of the molecule is COCC(C)c1ccccc1.COCCCN1C(=O)C(C)(C)Oc2ccc(N(C(=O)C3CNCC(C(C)=O)C3)C3CC3)cc21. The van der Waals surface area contributed by atoms with Gasteiger partial charge in [-0.1, -0.05) is 37.3 Å². The van der Waals surface area contributed by atoms with Crippen molar-refractivity contribution in [3.05, 3.63) is 54.1 Å². The smallest absolute Gasteiger partial charge is 0.270 e. The summed E-state index contributed by atoms with van der Waals surface area (Å²) in [5, 5.41) is 3.26. The van der Waals surface area contributed by atoms with Gasteiger partial charge in [0.2, 0.25) is 5.91 Å². The number of nitrogens with zero attached hydrogens (tertiary/aromatic N) is 2. The number of carbonyl (C=O) groups excluding carboxylic acids is 3. The van der Waals surface area contributed by atoms with Crippen LogP contribution in [0.25, 0.3) is 0 Å². The fourth-order valence-electron chi connectivity index (χ4n) is 5.91. The van der Waals surface area contributed by atoms with Crippen molar-refractivity contribution in [2.24, 2.45) is 11.8 Å². The van der Waals surface area contributed by atoms with Gasteiger partial charge in [-0.2, -0.15) is 0 Å². The first-order chi connectivity index (χ1) is 21.1. The highest BCUT2D eigenvalue weighted by Gasteiger charge is 2.43. The molecule has 240 valence electrons. The number of ketones is 1. The van der Waals surface area contributed by atoms with Gasteiger partial charge in [-0.25, -0.2) is 0 Å². The van der Waals surface area contributed by atoms with Crippen molar-refractivity contribution in [1.29, 1.82) is 0 Å². The van der Waals surface area contributed by atoms with E-state index in [2.05, 4.69) is 36.5 Å². The third-order valence-electron chi connectivity index (χ3n) is 8.58. The van der Waals surface area contributed by atoms with Gasteiger partial charge in [-0.15, -0.1) is 0 Å². The molecule has 5 rings (SSSR count). The molecule has 1 saturated heterocycles. The van der Waals surface area contributed by atoms with Gasteiger partial charge in [0.05, 0.1) is 18.2 Å². The zero-order valence-corrected chi connectivity index (χ0v) is 27.1. The van der Waals surface area contributed by atoms with Gasteiger partial charge in [-0.3, -0.25) is 14.4 Å². The lowest BCUT2D eigenvalue weighted by Crippen LogP contribution is -2.53. The molecule has 0 radical (unpaired) electrons. The van der Waals surface area contributed by atoms with Crippen LogP contribution in [0.15, 0.2) is 48.5 Å². The Morgan fingerprint density at radius 2 is 1.77 bits per heavy atom. The van der Waals surface area contributed by atoms with Crippen LogP contribution in [0, 0.1) is 11.8 Å². The lowest BCUT2D eigenvalue weighted by molar-refractivity contribution is -0.132. The van der Waals surface area contributed by atoms with Gasteiger partial charge in [0.1, 0.15) is 11.5 Å². The van der Waals surface area contributed by atoms with Gasteiger partial charge in [0.25, 0.3) is 5.91 Å². The highest BCUT2D eigenvalue weighted by molar-refractivity contribution is 6.04. The number of piperidine rings is 1. The van der Waals surface area contributed by atoms with Crippen molar-refractivity contribution in [1.82, 2.24) is 5.32 Å². The molecule has 2 amide bonds. The van der Waals surface area contributed by atoms with Gasteiger partial charge in [0, 0.05) is 64.0 Å². The molecule has 2 aliphatic heterocycles. The summed E-state index contributed by atoms with van der Waals surface area (Å²) in [7, 11) is 3.38. The molecule has 1 aliphatic carbocycles. The van der Waals surface area contributed by atoms with E-state index in [0.717, 1.165) is 25.1 Å². The Morgan fingerprint density at radius 3 is 2.41 bits per heavy atom. The van der Waals surface area contributed by atoms with Crippen LogP contribution in [0.2, 0.25) is 0 Å². The van der Waals surface area contributed by atoms with Crippen molar-refractivity contribution in [2.45, 2.75) is 70.9 Å². The Labute approximate surface area is 262 Å². The summed E-state index contributed by atoms with van der Waals surface area (Å²) in [6.45, 7) is 10.4. The van der Waals surface area contributed by atoms with Crippen LogP contribution in [0.4, 0.5) is 11.4 Å². The molecule has 3 aliphatic rings. The summed E-state index contributed by atoms with van der Waals surface area (Å²) in [6, 6.07) is 16.2. The third-order valence-corrected chi connectivity index (χ3v) is 8.58. The molecule has 3 unspecified atom stereocenters. The van der Waals surface area contributed by atoms with Gasteiger partial charge < -0.3 is 29.3 Å². The van der Waals surface area contributed by atoms with Crippen molar-refractivity contribution in [3.63, 3.8) is 0 Å². The first-order valence-corrected chi connectivity index (χ1v) is 15.8. The largest absolute Gasteiger partial charge is 0.476 e. The maximum absolute atomic E-state index is 13.6. The second-order valence-corrected chi connectivity index (χ2v) is 12.7. The van der Waals surface area contributed by atoms with Crippen molar-refractivity contribution in [2.75, 3.05) is 56.9 Å². The molecule has 2 heterocycles. The Kier molecular flexibility index (Phi) is 11.6. The number of benzene rings is 2. The number of amides is 2. The molecule has 0 bridgehead atoms. The van der Waals surface area contributed by atoms with Gasteiger partial charge in [0.15, 0.2) is 5.60 Å². The lowest BCUT2D eigenvalue weighted by Gasteiger charge is -2.39. The van der Waals surface area contributed by atoms with Crippen LogP contribution in [0.1, 0.15) is 64.9 Å². The number of anilines is 2. The van der Waals surface area contributed by atoms with E-state index in [9.17, 15) is 14.4 Å². The molecule has 2 aromatic rings. The maximum atomic E-state index is 13.6. The number of ether oxygens (including phenoxy) is 3. The van der Waals surface area contributed by atoms with E-state index in [1.54, 1.807) is 39.9 Å². The second-order valence-electron chi connectivity index (χ2n) is 12.7. The number of carbonyl (C=O) groups is 3. The first-order valence-electron chi connectivity index (χ1n) is 15.8. The monoisotopic (exact) mass is 607 g/mol. The molecule has 1 saturated carbocycles. The topological polar surface area (TPSA) is 97.4 Å². The molecule has 1 N–H and O–H groups in total. The van der Waals surface area contributed by atoms with E-state index < -0.39 is 5.60 Å². The summed E-state index contributed by atoms with van der Waals surface area (Å²) in [6.07, 6.45) is 3.19. The minimum atomic E-state index is -0.955. The van der Waals surface area contributed by atoms with E-state index in [4.69, 9.17) is 14.2 Å². The number of hydrogen-bond acceptors (Lipinski definition) is 7. The standard InChI is InChI=1S/C25H35N3O5.C10H14O/c1-16(29)17-12-18(15-26-14-17)23(30)28(19-6-7-19)20-8-9-22-21(13-20)27(10-5-11-32-4)24(31)25(2,3)33-22;1-9(8-11-2)10-6-4-3-5-7-10/h8-9,13,17-19,26H,5-7,10-12,14-15H2,1-4H3;3-7,9H,8H2,1-2H3. The number of fused-ring (bicyclic) bond motifs is 1. The molecule has 0 spiro atoms. The number of hydrogen-bond donors (Lipinski definition) is 1. The third kappa shape index (κ3) is 8.25. The lowest BCUT2D eigenvalue weighted by atomic mass is 9.87. The minimum Gasteiger partial charge on any atom is -0.476 e. The normalized spacial score (nSPS) is 21.3. The van der Waals surface area contributed by atoms with Crippen molar-refractivity contribution in [3.8, 4) is 5.75 Å². The molecule has 44 heavy (non-hydrogen) atoms. The van der Waals surface area contributed by atoms with Crippen LogP contribution >= 0.6 is 0 Å². The highest BCUT2D eigenvalue weighted by Crippen LogP contribution is 2.43. The quantitative estimate of drug-likeness (QED) is 0.360. The number of Topliss-reactive ketones (excluding diaryl/α,β-unsaturated/α-hetero) is 1. The summed E-state index contributed by atoms with van der Waals surface area (Å²) in [5.41, 5.74) is 1.85. The second kappa shape index (κ2) is 15.1. The Balaban J connectivity index is 0.000000339. The minimum absolute atomic E-state index is 0.0465. The summed E-state index contributed by atoms with van der Waals surface area (Å²) in [5.74, 6) is 0.845. The van der Waals surface area contributed by atoms with Crippen molar-refractivity contribution >= 4 is 29.0 Å².